The summed E-state index contributed by atoms with van der Waals surface area (Å²) in [4.78, 5) is 43.7. The summed E-state index contributed by atoms with van der Waals surface area (Å²) in [6.07, 6.45) is 1.14. The molecular weight excluding hydrogens is 420 g/mol. The van der Waals surface area contributed by atoms with Gasteiger partial charge in [-0.3, -0.25) is 9.59 Å². The van der Waals surface area contributed by atoms with Crippen molar-refractivity contribution in [3.8, 4) is 5.69 Å². The van der Waals surface area contributed by atoms with E-state index in [2.05, 4.69) is 0 Å². The third-order valence-corrected chi connectivity index (χ3v) is 5.75. The highest BCUT2D eigenvalue weighted by Gasteiger charge is 2.27. The number of anilines is 1. The molecule has 1 aliphatic rings. The number of amides is 1. The standard InChI is InChI=1S/C22H21ClN4O4/c1-31-21(30)14-5-6-17-18(11-14)25-22(26-9-7-13(8-10-26)19(24)28)27(20(17)29)16-4-2-3-15(23)12-16/h2-6,11-13H,7-10H2,1H3,(H2,24,28). The van der Waals surface area contributed by atoms with Gasteiger partial charge in [0, 0.05) is 24.0 Å². The van der Waals surface area contributed by atoms with Crippen LogP contribution in [0, 0.1) is 5.92 Å². The van der Waals surface area contributed by atoms with Crippen LogP contribution in [0.3, 0.4) is 0 Å². The molecule has 8 nitrogen and oxygen atoms in total. The Morgan fingerprint density at radius 3 is 2.55 bits per heavy atom. The van der Waals surface area contributed by atoms with Gasteiger partial charge in [0.15, 0.2) is 0 Å². The van der Waals surface area contributed by atoms with E-state index in [1.807, 2.05) is 4.90 Å². The molecule has 31 heavy (non-hydrogen) atoms. The van der Waals surface area contributed by atoms with Crippen LogP contribution in [0.1, 0.15) is 23.2 Å². The van der Waals surface area contributed by atoms with Crippen molar-refractivity contribution in [3.05, 3.63) is 63.4 Å². The summed E-state index contributed by atoms with van der Waals surface area (Å²) in [5.74, 6) is -0.605. The van der Waals surface area contributed by atoms with Crippen LogP contribution in [0.25, 0.3) is 16.6 Å². The van der Waals surface area contributed by atoms with Crippen LogP contribution in [0.4, 0.5) is 5.95 Å². The second kappa shape index (κ2) is 8.39. The zero-order chi connectivity index (χ0) is 22.1. The van der Waals surface area contributed by atoms with Crippen molar-refractivity contribution in [2.75, 3.05) is 25.1 Å². The number of fused-ring (bicyclic) bond motifs is 1. The van der Waals surface area contributed by atoms with E-state index in [1.165, 1.54) is 17.7 Å². The van der Waals surface area contributed by atoms with Crippen LogP contribution < -0.4 is 16.2 Å². The minimum Gasteiger partial charge on any atom is -0.465 e. The lowest BCUT2D eigenvalue weighted by Crippen LogP contribution is -2.41. The molecular formula is C22H21ClN4O4. The zero-order valence-corrected chi connectivity index (χ0v) is 17.6. The number of carbonyl (C=O) groups excluding carboxylic acids is 2. The zero-order valence-electron chi connectivity index (χ0n) is 16.9. The van der Waals surface area contributed by atoms with Crippen LogP contribution >= 0.6 is 11.6 Å². The third-order valence-electron chi connectivity index (χ3n) is 5.52. The number of benzene rings is 2. The Hall–Kier alpha value is -3.39. The summed E-state index contributed by atoms with van der Waals surface area (Å²) in [5.41, 5.74) is 6.45. The topological polar surface area (TPSA) is 108 Å². The number of nitrogens with zero attached hydrogens (tertiary/aromatic N) is 3. The molecule has 0 atom stereocenters. The minimum atomic E-state index is -0.508. The number of esters is 1. The molecule has 1 amide bonds. The highest BCUT2D eigenvalue weighted by Crippen LogP contribution is 2.26. The predicted molar refractivity (Wildman–Crippen MR) is 118 cm³/mol. The second-order valence-electron chi connectivity index (χ2n) is 7.42. The van der Waals surface area contributed by atoms with Gasteiger partial charge in [-0.05, 0) is 49.2 Å². The summed E-state index contributed by atoms with van der Waals surface area (Å²) < 4.78 is 6.29. The van der Waals surface area contributed by atoms with E-state index < -0.39 is 5.97 Å². The number of halogens is 1. The molecule has 4 rings (SSSR count). The Morgan fingerprint density at radius 2 is 1.90 bits per heavy atom. The largest absolute Gasteiger partial charge is 0.465 e. The molecule has 1 fully saturated rings. The molecule has 0 radical (unpaired) electrons. The van der Waals surface area contributed by atoms with E-state index in [4.69, 9.17) is 27.1 Å². The lowest BCUT2D eigenvalue weighted by Gasteiger charge is -2.32. The number of methoxy groups -OCH3 is 1. The van der Waals surface area contributed by atoms with Gasteiger partial charge in [-0.25, -0.2) is 14.3 Å². The molecule has 1 saturated heterocycles. The van der Waals surface area contributed by atoms with E-state index in [0.717, 1.165) is 0 Å². The molecule has 0 aliphatic carbocycles. The van der Waals surface area contributed by atoms with Crippen LogP contribution in [0.5, 0.6) is 0 Å². The molecule has 3 aromatic rings. The molecule has 2 heterocycles. The van der Waals surface area contributed by atoms with Crippen molar-refractivity contribution >= 4 is 40.3 Å². The fourth-order valence-corrected chi connectivity index (χ4v) is 4.03. The fourth-order valence-electron chi connectivity index (χ4n) is 3.84. The monoisotopic (exact) mass is 440 g/mol. The maximum atomic E-state index is 13.5. The first kappa shape index (κ1) is 20.9. The molecule has 0 spiro atoms. The van der Waals surface area contributed by atoms with E-state index >= 15 is 0 Å². The van der Waals surface area contributed by atoms with E-state index in [9.17, 15) is 14.4 Å². The first-order valence-electron chi connectivity index (χ1n) is 9.84. The van der Waals surface area contributed by atoms with Gasteiger partial charge in [-0.1, -0.05) is 17.7 Å². The molecule has 0 unspecified atom stereocenters. The Balaban J connectivity index is 1.90. The van der Waals surface area contributed by atoms with E-state index in [1.54, 1.807) is 36.4 Å². The van der Waals surface area contributed by atoms with Crippen molar-refractivity contribution in [1.82, 2.24) is 9.55 Å². The first-order valence-corrected chi connectivity index (χ1v) is 10.2. The maximum Gasteiger partial charge on any atom is 0.337 e. The summed E-state index contributed by atoms with van der Waals surface area (Å²) in [6.45, 7) is 1.03. The van der Waals surface area contributed by atoms with Crippen LogP contribution in [0.15, 0.2) is 47.3 Å². The van der Waals surface area contributed by atoms with Crippen LogP contribution in [-0.4, -0.2) is 41.6 Å². The van der Waals surface area contributed by atoms with Gasteiger partial charge in [-0.2, -0.15) is 0 Å². The summed E-state index contributed by atoms with van der Waals surface area (Å²) in [7, 11) is 1.30. The molecule has 2 N–H and O–H groups in total. The van der Waals surface area contributed by atoms with Crippen LogP contribution in [-0.2, 0) is 9.53 Å². The van der Waals surface area contributed by atoms with Crippen molar-refractivity contribution in [2.24, 2.45) is 11.7 Å². The van der Waals surface area contributed by atoms with Gasteiger partial charge in [0.25, 0.3) is 5.56 Å². The first-order chi connectivity index (χ1) is 14.9. The lowest BCUT2D eigenvalue weighted by molar-refractivity contribution is -0.122. The van der Waals surface area contributed by atoms with Gasteiger partial charge in [0.2, 0.25) is 11.9 Å². The smallest absolute Gasteiger partial charge is 0.337 e. The normalized spacial score (nSPS) is 14.6. The highest BCUT2D eigenvalue weighted by molar-refractivity contribution is 6.30. The van der Waals surface area contributed by atoms with Gasteiger partial charge in [0.05, 0.1) is 29.3 Å². The number of primary amides is 1. The number of carbonyl (C=O) groups is 2. The maximum absolute atomic E-state index is 13.5. The summed E-state index contributed by atoms with van der Waals surface area (Å²) in [5, 5.41) is 0.854. The molecule has 0 saturated carbocycles. The third kappa shape index (κ3) is 3.98. The summed E-state index contributed by atoms with van der Waals surface area (Å²) in [6, 6.07) is 11.6. The second-order valence-corrected chi connectivity index (χ2v) is 7.86. The average molecular weight is 441 g/mol. The predicted octanol–water partition coefficient (Wildman–Crippen LogP) is 2.53. The van der Waals surface area contributed by atoms with Gasteiger partial charge < -0.3 is 15.4 Å². The molecule has 1 aromatic heterocycles. The number of aromatic nitrogens is 2. The quantitative estimate of drug-likeness (QED) is 0.624. The number of ether oxygens (including phenoxy) is 1. The Bertz CT molecular complexity index is 1230. The number of nitrogens with two attached hydrogens (primary N) is 1. The Labute approximate surface area is 183 Å². The highest BCUT2D eigenvalue weighted by atomic mass is 35.5. The van der Waals surface area contributed by atoms with Gasteiger partial charge in [-0.15, -0.1) is 0 Å². The minimum absolute atomic E-state index is 0.200. The molecule has 0 bridgehead atoms. The summed E-state index contributed by atoms with van der Waals surface area (Å²) >= 11 is 6.18. The number of hydrogen-bond acceptors (Lipinski definition) is 6. The number of rotatable bonds is 4. The number of piperidine rings is 1. The molecule has 9 heteroatoms. The van der Waals surface area contributed by atoms with E-state index in [-0.39, 0.29) is 17.4 Å². The average Bonchev–Trinajstić information content (AvgIpc) is 2.78. The Morgan fingerprint density at radius 1 is 1.16 bits per heavy atom. The molecule has 160 valence electrons. The molecule has 1 aliphatic heterocycles. The SMILES string of the molecule is COC(=O)c1ccc2c(=O)n(-c3cccc(Cl)c3)c(N3CCC(C(N)=O)CC3)nc2c1. The van der Waals surface area contributed by atoms with Crippen LogP contribution in [0.2, 0.25) is 5.02 Å². The molecule has 2 aromatic carbocycles. The number of hydrogen-bond donors (Lipinski definition) is 1. The Kier molecular flexibility index (Phi) is 5.65. The van der Waals surface area contributed by atoms with E-state index in [0.29, 0.717) is 59.1 Å². The van der Waals surface area contributed by atoms with Gasteiger partial charge in [0.1, 0.15) is 0 Å². The lowest BCUT2D eigenvalue weighted by atomic mass is 9.96. The van der Waals surface area contributed by atoms with Crippen molar-refractivity contribution in [3.63, 3.8) is 0 Å². The fraction of sp³-hybridized carbons (Fsp3) is 0.273. The van der Waals surface area contributed by atoms with Gasteiger partial charge >= 0.3 is 5.97 Å². The van der Waals surface area contributed by atoms with Crippen molar-refractivity contribution in [1.29, 1.82) is 0 Å². The van der Waals surface area contributed by atoms with Crippen molar-refractivity contribution in [2.45, 2.75) is 12.8 Å². The van der Waals surface area contributed by atoms with Crippen molar-refractivity contribution < 1.29 is 14.3 Å².